The fourth-order valence-electron chi connectivity index (χ4n) is 3.01. The first-order valence-corrected chi connectivity index (χ1v) is 9.26. The van der Waals surface area contributed by atoms with Gasteiger partial charge in [-0.15, -0.1) is 0 Å². The molecule has 0 N–H and O–H groups in total. The Kier molecular flexibility index (Phi) is 5.60. The van der Waals surface area contributed by atoms with E-state index in [0.717, 1.165) is 16.3 Å². The monoisotopic (exact) mass is 360 g/mol. The summed E-state index contributed by atoms with van der Waals surface area (Å²) in [4.78, 5) is 12.1. The molecule has 27 heavy (non-hydrogen) atoms. The van der Waals surface area contributed by atoms with E-state index in [1.54, 1.807) is 12.1 Å². The predicted molar refractivity (Wildman–Crippen MR) is 112 cm³/mol. The summed E-state index contributed by atoms with van der Waals surface area (Å²) in [5, 5.41) is 2.40. The van der Waals surface area contributed by atoms with E-state index in [1.807, 2.05) is 44.2 Å². The largest absolute Gasteiger partial charge is 0.489 e. The molecule has 0 aliphatic carbocycles. The Morgan fingerprint density at radius 3 is 2.30 bits per heavy atom. The minimum atomic E-state index is -0.325. The Morgan fingerprint density at radius 1 is 0.815 bits per heavy atom. The highest BCUT2D eigenvalue weighted by molar-refractivity contribution is 6.04. The van der Waals surface area contributed by atoms with E-state index in [1.165, 1.54) is 11.1 Å². The topological polar surface area (TPSA) is 39.4 Å². The summed E-state index contributed by atoms with van der Waals surface area (Å²) in [6.45, 7) is 8.66. The number of ether oxygens (including phenoxy) is 1. The normalized spacial score (nSPS) is 10.5. The van der Waals surface area contributed by atoms with Crippen LogP contribution < -0.4 is 10.4 Å². The standard InChI is InChI=1S/C22H18O3.C2H6/c1-14-7-8-16(11-15(14)2)13-24-17-9-10-19-18-5-3-4-6-20(18)22(23)25-21(19)12-17;1-2/h3-12H,13H2,1-2H3;1-2H3. The van der Waals surface area contributed by atoms with Crippen molar-refractivity contribution in [3.05, 3.63) is 87.8 Å². The molecule has 1 heterocycles. The number of fused-ring (bicyclic) bond motifs is 3. The minimum Gasteiger partial charge on any atom is -0.489 e. The molecule has 0 fully saturated rings. The maximum Gasteiger partial charge on any atom is 0.344 e. The molecule has 0 saturated heterocycles. The molecule has 138 valence electrons. The van der Waals surface area contributed by atoms with E-state index < -0.39 is 0 Å². The summed E-state index contributed by atoms with van der Waals surface area (Å²) >= 11 is 0. The summed E-state index contributed by atoms with van der Waals surface area (Å²) in [5.41, 5.74) is 3.85. The molecule has 0 saturated carbocycles. The Balaban J connectivity index is 0.00000102. The van der Waals surface area contributed by atoms with E-state index in [-0.39, 0.29) is 5.63 Å². The highest BCUT2D eigenvalue weighted by atomic mass is 16.5. The van der Waals surface area contributed by atoms with Crippen molar-refractivity contribution >= 4 is 21.7 Å². The lowest BCUT2D eigenvalue weighted by atomic mass is 10.1. The van der Waals surface area contributed by atoms with Crippen molar-refractivity contribution in [1.82, 2.24) is 0 Å². The van der Waals surface area contributed by atoms with Crippen LogP contribution >= 0.6 is 0 Å². The third-order valence-electron chi connectivity index (χ3n) is 4.57. The van der Waals surface area contributed by atoms with Gasteiger partial charge in [0.05, 0.1) is 5.39 Å². The number of rotatable bonds is 3. The molecular weight excluding hydrogens is 336 g/mol. The van der Waals surface area contributed by atoms with E-state index in [0.29, 0.717) is 23.3 Å². The van der Waals surface area contributed by atoms with Gasteiger partial charge in [-0.3, -0.25) is 0 Å². The van der Waals surface area contributed by atoms with Crippen molar-refractivity contribution < 1.29 is 9.15 Å². The van der Waals surface area contributed by atoms with Crippen molar-refractivity contribution in [2.75, 3.05) is 0 Å². The SMILES string of the molecule is CC.Cc1ccc(COc2ccc3c(c2)oc(=O)c2ccccc23)cc1C. The van der Waals surface area contributed by atoms with Crippen LogP contribution in [0.2, 0.25) is 0 Å². The molecule has 0 bridgehead atoms. The van der Waals surface area contributed by atoms with Crippen LogP contribution in [0.4, 0.5) is 0 Å². The molecule has 0 amide bonds. The zero-order valence-corrected chi connectivity index (χ0v) is 16.2. The van der Waals surface area contributed by atoms with Gasteiger partial charge in [0.15, 0.2) is 0 Å². The number of hydrogen-bond acceptors (Lipinski definition) is 3. The van der Waals surface area contributed by atoms with Crippen molar-refractivity contribution in [1.29, 1.82) is 0 Å². The van der Waals surface area contributed by atoms with Crippen LogP contribution in [-0.4, -0.2) is 0 Å². The highest BCUT2D eigenvalue weighted by Gasteiger charge is 2.08. The first-order chi connectivity index (χ1) is 13.1. The molecule has 0 aliphatic rings. The molecule has 0 atom stereocenters. The quantitative estimate of drug-likeness (QED) is 0.324. The lowest BCUT2D eigenvalue weighted by Crippen LogP contribution is -2.00. The molecule has 0 radical (unpaired) electrons. The van der Waals surface area contributed by atoms with Gasteiger partial charge in [0.2, 0.25) is 0 Å². The van der Waals surface area contributed by atoms with Crippen molar-refractivity contribution in [3.8, 4) is 5.75 Å². The summed E-state index contributed by atoms with van der Waals surface area (Å²) in [6.07, 6.45) is 0. The van der Waals surface area contributed by atoms with Gasteiger partial charge in [-0.2, -0.15) is 0 Å². The van der Waals surface area contributed by atoms with Gasteiger partial charge in [-0.05, 0) is 54.1 Å². The van der Waals surface area contributed by atoms with Crippen LogP contribution in [0.25, 0.3) is 21.7 Å². The van der Waals surface area contributed by atoms with Crippen LogP contribution in [0.15, 0.2) is 69.9 Å². The second kappa shape index (κ2) is 8.09. The average Bonchev–Trinajstić information content (AvgIpc) is 2.70. The van der Waals surface area contributed by atoms with Crippen molar-refractivity contribution in [2.45, 2.75) is 34.3 Å². The zero-order valence-electron chi connectivity index (χ0n) is 16.2. The van der Waals surface area contributed by atoms with Crippen LogP contribution in [0.5, 0.6) is 5.75 Å². The molecule has 4 aromatic rings. The number of benzene rings is 3. The van der Waals surface area contributed by atoms with Crippen LogP contribution in [-0.2, 0) is 6.61 Å². The van der Waals surface area contributed by atoms with E-state index in [4.69, 9.17) is 9.15 Å². The van der Waals surface area contributed by atoms with Gasteiger partial charge in [0.25, 0.3) is 0 Å². The molecular formula is C24H24O3. The Labute approximate surface area is 159 Å². The highest BCUT2D eigenvalue weighted by Crippen LogP contribution is 2.26. The van der Waals surface area contributed by atoms with Gasteiger partial charge in [0.1, 0.15) is 17.9 Å². The van der Waals surface area contributed by atoms with Crippen molar-refractivity contribution in [2.24, 2.45) is 0 Å². The van der Waals surface area contributed by atoms with Gasteiger partial charge in [-0.25, -0.2) is 4.79 Å². The molecule has 4 rings (SSSR count). The maximum atomic E-state index is 12.1. The lowest BCUT2D eigenvalue weighted by molar-refractivity contribution is 0.306. The fourth-order valence-corrected chi connectivity index (χ4v) is 3.01. The third kappa shape index (κ3) is 3.87. The lowest BCUT2D eigenvalue weighted by Gasteiger charge is -2.09. The van der Waals surface area contributed by atoms with Crippen LogP contribution in [0.3, 0.4) is 0 Å². The number of hydrogen-bond donors (Lipinski definition) is 0. The second-order valence-electron chi connectivity index (χ2n) is 6.30. The molecule has 3 heteroatoms. The van der Waals surface area contributed by atoms with Gasteiger partial charge < -0.3 is 9.15 Å². The number of aryl methyl sites for hydroxylation is 2. The van der Waals surface area contributed by atoms with Crippen LogP contribution in [0.1, 0.15) is 30.5 Å². The smallest absolute Gasteiger partial charge is 0.344 e. The summed E-state index contributed by atoms with van der Waals surface area (Å²) in [7, 11) is 0. The molecule has 3 aromatic carbocycles. The van der Waals surface area contributed by atoms with Crippen molar-refractivity contribution in [3.63, 3.8) is 0 Å². The minimum absolute atomic E-state index is 0.325. The Bertz CT molecular complexity index is 1140. The van der Waals surface area contributed by atoms with E-state index >= 15 is 0 Å². The molecule has 0 spiro atoms. The summed E-state index contributed by atoms with van der Waals surface area (Å²) in [6, 6.07) is 19.4. The molecule has 0 aliphatic heterocycles. The summed E-state index contributed by atoms with van der Waals surface area (Å²) in [5.74, 6) is 0.684. The molecule has 3 nitrogen and oxygen atoms in total. The van der Waals surface area contributed by atoms with E-state index in [2.05, 4.69) is 32.0 Å². The Hall–Kier alpha value is -3.07. The fraction of sp³-hybridized carbons (Fsp3) is 0.208. The van der Waals surface area contributed by atoms with Gasteiger partial charge in [-0.1, -0.05) is 50.2 Å². The van der Waals surface area contributed by atoms with E-state index in [9.17, 15) is 4.79 Å². The first-order valence-electron chi connectivity index (χ1n) is 9.26. The zero-order chi connectivity index (χ0) is 19.4. The predicted octanol–water partition coefficient (Wildman–Crippen LogP) is 6.17. The Morgan fingerprint density at radius 2 is 1.56 bits per heavy atom. The first kappa shape index (κ1) is 18.7. The van der Waals surface area contributed by atoms with Crippen LogP contribution in [0, 0.1) is 13.8 Å². The van der Waals surface area contributed by atoms with Gasteiger partial charge >= 0.3 is 5.63 Å². The summed E-state index contributed by atoms with van der Waals surface area (Å²) < 4.78 is 11.4. The molecule has 0 unspecified atom stereocenters. The van der Waals surface area contributed by atoms with Gasteiger partial charge in [0, 0.05) is 11.5 Å². The third-order valence-corrected chi connectivity index (χ3v) is 4.57. The maximum absolute atomic E-state index is 12.1. The molecule has 1 aromatic heterocycles. The second-order valence-corrected chi connectivity index (χ2v) is 6.30. The average molecular weight is 360 g/mol.